The maximum absolute atomic E-state index is 12.8. The molecule has 1 aliphatic carbocycles. The van der Waals surface area contributed by atoms with Crippen LogP contribution in [0, 0.1) is 6.92 Å². The minimum atomic E-state index is 0.184. The van der Waals surface area contributed by atoms with Gasteiger partial charge in [0.2, 0.25) is 5.91 Å². The van der Waals surface area contributed by atoms with E-state index in [1.54, 1.807) is 0 Å². The molecule has 2 atom stereocenters. The average molecular weight is 351 g/mol. The standard InChI is InChI=1S/C22H29N3O/c1-14-7-9-18-17(11-14)22-19-10-8-16(24(19)2)12-20(22)25(18)13-21(26)23-15-5-3-4-6-15/h7,9,11,15-16,19H,3-6,8,10,12-13H2,1-2H3,(H,23,26). The number of aromatic nitrogens is 1. The molecule has 1 saturated heterocycles. The lowest BCUT2D eigenvalue weighted by atomic mass is 9.97. The Balaban J connectivity index is 1.55. The number of hydrogen-bond acceptors (Lipinski definition) is 2. The molecule has 3 heterocycles. The van der Waals surface area contributed by atoms with Crippen LogP contribution in [0.5, 0.6) is 0 Å². The number of benzene rings is 1. The van der Waals surface area contributed by atoms with Gasteiger partial charge in [-0.2, -0.15) is 0 Å². The van der Waals surface area contributed by atoms with Crippen molar-refractivity contribution in [2.75, 3.05) is 7.05 Å². The fourth-order valence-electron chi connectivity index (χ4n) is 5.64. The van der Waals surface area contributed by atoms with Crippen LogP contribution in [0.4, 0.5) is 0 Å². The lowest BCUT2D eigenvalue weighted by molar-refractivity contribution is -0.122. The molecule has 1 N–H and O–H groups in total. The number of carbonyl (C=O) groups is 1. The van der Waals surface area contributed by atoms with E-state index in [4.69, 9.17) is 0 Å². The second kappa shape index (κ2) is 6.12. The van der Waals surface area contributed by atoms with Crippen LogP contribution in [0.15, 0.2) is 18.2 Å². The zero-order valence-corrected chi connectivity index (χ0v) is 15.9. The first-order valence-corrected chi connectivity index (χ1v) is 10.2. The van der Waals surface area contributed by atoms with Gasteiger partial charge in [-0.3, -0.25) is 9.69 Å². The SMILES string of the molecule is Cc1ccc2c(c1)c1c(n2CC(=O)NC2CCCC2)CC2CCC1N2C. The Kier molecular flexibility index (Phi) is 3.85. The lowest BCUT2D eigenvalue weighted by Gasteiger charge is -2.32. The van der Waals surface area contributed by atoms with E-state index < -0.39 is 0 Å². The Morgan fingerprint density at radius 1 is 1.19 bits per heavy atom. The van der Waals surface area contributed by atoms with Crippen molar-refractivity contribution in [2.45, 2.75) is 76.5 Å². The Labute approximate surface area is 155 Å². The van der Waals surface area contributed by atoms with Crippen LogP contribution in [0.3, 0.4) is 0 Å². The number of nitrogens with one attached hydrogen (secondary N) is 1. The molecule has 1 amide bonds. The third-order valence-corrected chi connectivity index (χ3v) is 6.99. The van der Waals surface area contributed by atoms with E-state index in [9.17, 15) is 4.79 Å². The van der Waals surface area contributed by atoms with Crippen LogP contribution in [0.25, 0.3) is 10.9 Å². The summed E-state index contributed by atoms with van der Waals surface area (Å²) >= 11 is 0. The molecule has 5 rings (SSSR count). The van der Waals surface area contributed by atoms with Crippen LogP contribution in [-0.2, 0) is 17.8 Å². The number of hydrogen-bond donors (Lipinski definition) is 1. The summed E-state index contributed by atoms with van der Waals surface area (Å²) in [5.74, 6) is 0.184. The molecule has 138 valence electrons. The van der Waals surface area contributed by atoms with E-state index in [0.29, 0.717) is 24.7 Å². The van der Waals surface area contributed by atoms with Crippen molar-refractivity contribution in [1.29, 1.82) is 0 Å². The highest BCUT2D eigenvalue weighted by Gasteiger charge is 2.40. The van der Waals surface area contributed by atoms with Crippen molar-refractivity contribution in [2.24, 2.45) is 0 Å². The molecule has 2 aromatic rings. The van der Waals surface area contributed by atoms with Crippen LogP contribution >= 0.6 is 0 Å². The lowest BCUT2D eigenvalue weighted by Crippen LogP contribution is -2.37. The van der Waals surface area contributed by atoms with Crippen LogP contribution in [0.2, 0.25) is 0 Å². The van der Waals surface area contributed by atoms with E-state index in [1.165, 1.54) is 53.4 Å². The second-order valence-corrected chi connectivity index (χ2v) is 8.63. The summed E-state index contributed by atoms with van der Waals surface area (Å²) in [5, 5.41) is 4.64. The third-order valence-electron chi connectivity index (χ3n) is 6.99. The Bertz CT molecular complexity index is 862. The minimum Gasteiger partial charge on any atom is -0.352 e. The maximum Gasteiger partial charge on any atom is 0.240 e. The molecule has 2 fully saturated rings. The molecular formula is C22H29N3O. The van der Waals surface area contributed by atoms with Gasteiger partial charge in [-0.25, -0.2) is 0 Å². The number of carbonyl (C=O) groups excluding carboxylic acids is 1. The van der Waals surface area contributed by atoms with E-state index >= 15 is 0 Å². The monoisotopic (exact) mass is 351 g/mol. The predicted molar refractivity (Wildman–Crippen MR) is 104 cm³/mol. The molecule has 3 aliphatic rings. The van der Waals surface area contributed by atoms with E-state index in [2.05, 4.69) is 47.0 Å². The van der Waals surface area contributed by atoms with Crippen LogP contribution in [0.1, 0.15) is 61.4 Å². The average Bonchev–Trinajstić information content (AvgIpc) is 3.26. The molecule has 1 saturated carbocycles. The van der Waals surface area contributed by atoms with Crippen molar-refractivity contribution < 1.29 is 4.79 Å². The first kappa shape index (κ1) is 16.4. The highest BCUT2D eigenvalue weighted by atomic mass is 16.2. The molecule has 4 nitrogen and oxygen atoms in total. The molecular weight excluding hydrogens is 322 g/mol. The molecule has 2 aliphatic heterocycles. The Morgan fingerprint density at radius 3 is 2.81 bits per heavy atom. The van der Waals surface area contributed by atoms with E-state index in [-0.39, 0.29) is 5.91 Å². The molecule has 2 bridgehead atoms. The Morgan fingerprint density at radius 2 is 2.00 bits per heavy atom. The molecule has 1 aromatic carbocycles. The molecule has 1 aromatic heterocycles. The summed E-state index contributed by atoms with van der Waals surface area (Å²) in [6.07, 6.45) is 8.39. The van der Waals surface area contributed by atoms with Gasteiger partial charge in [0.15, 0.2) is 0 Å². The zero-order chi connectivity index (χ0) is 17.8. The predicted octanol–water partition coefficient (Wildman–Crippen LogP) is 3.70. The normalized spacial score (nSPS) is 25.8. The van der Waals surface area contributed by atoms with Gasteiger partial charge >= 0.3 is 0 Å². The van der Waals surface area contributed by atoms with E-state index in [1.807, 2.05) is 0 Å². The smallest absolute Gasteiger partial charge is 0.240 e. The number of likely N-dealkylation sites (N-methyl/N-ethyl adjacent to an activating group) is 1. The molecule has 2 unspecified atom stereocenters. The summed E-state index contributed by atoms with van der Waals surface area (Å²) in [6, 6.07) is 8.28. The summed E-state index contributed by atoms with van der Waals surface area (Å²) in [5.41, 5.74) is 5.45. The number of aryl methyl sites for hydroxylation is 1. The third kappa shape index (κ3) is 2.50. The molecule has 26 heavy (non-hydrogen) atoms. The molecule has 0 spiro atoms. The summed E-state index contributed by atoms with van der Waals surface area (Å²) in [6.45, 7) is 2.63. The van der Waals surface area contributed by atoms with Gasteiger partial charge in [-0.15, -0.1) is 0 Å². The highest BCUT2D eigenvalue weighted by molar-refractivity contribution is 5.89. The summed E-state index contributed by atoms with van der Waals surface area (Å²) < 4.78 is 2.33. The van der Waals surface area contributed by atoms with Gasteiger partial charge in [-0.1, -0.05) is 24.5 Å². The van der Waals surface area contributed by atoms with Crippen molar-refractivity contribution in [3.63, 3.8) is 0 Å². The van der Waals surface area contributed by atoms with Crippen LogP contribution in [-0.4, -0.2) is 34.5 Å². The second-order valence-electron chi connectivity index (χ2n) is 8.63. The van der Waals surface area contributed by atoms with Gasteiger partial charge in [-0.05, 0) is 57.4 Å². The number of fused-ring (bicyclic) bond motifs is 6. The minimum absolute atomic E-state index is 0.184. The quantitative estimate of drug-likeness (QED) is 0.915. The number of rotatable bonds is 3. The number of amides is 1. The van der Waals surface area contributed by atoms with Gasteiger partial charge in [0.05, 0.1) is 0 Å². The Hall–Kier alpha value is -1.81. The first-order chi connectivity index (χ1) is 12.6. The fraction of sp³-hybridized carbons (Fsp3) is 0.591. The highest BCUT2D eigenvalue weighted by Crippen LogP contribution is 2.46. The van der Waals surface area contributed by atoms with Crippen molar-refractivity contribution in [3.05, 3.63) is 35.0 Å². The number of nitrogens with zero attached hydrogens (tertiary/aromatic N) is 2. The fourth-order valence-corrected chi connectivity index (χ4v) is 5.64. The van der Waals surface area contributed by atoms with Gasteiger partial charge in [0, 0.05) is 41.1 Å². The van der Waals surface area contributed by atoms with E-state index in [0.717, 1.165) is 19.3 Å². The van der Waals surface area contributed by atoms with Gasteiger partial charge in [0.1, 0.15) is 6.54 Å². The topological polar surface area (TPSA) is 37.3 Å². The van der Waals surface area contributed by atoms with Crippen molar-refractivity contribution >= 4 is 16.8 Å². The first-order valence-electron chi connectivity index (χ1n) is 10.2. The van der Waals surface area contributed by atoms with Crippen molar-refractivity contribution in [3.8, 4) is 0 Å². The maximum atomic E-state index is 12.8. The van der Waals surface area contributed by atoms with Gasteiger partial charge in [0.25, 0.3) is 0 Å². The zero-order valence-electron chi connectivity index (χ0n) is 15.9. The van der Waals surface area contributed by atoms with Crippen LogP contribution < -0.4 is 5.32 Å². The van der Waals surface area contributed by atoms with Gasteiger partial charge < -0.3 is 9.88 Å². The summed E-state index contributed by atoms with van der Waals surface area (Å²) in [4.78, 5) is 15.3. The summed E-state index contributed by atoms with van der Waals surface area (Å²) in [7, 11) is 2.27. The molecule has 4 heteroatoms. The van der Waals surface area contributed by atoms with Crippen molar-refractivity contribution in [1.82, 2.24) is 14.8 Å². The molecule has 0 radical (unpaired) electrons. The largest absolute Gasteiger partial charge is 0.352 e.